The van der Waals surface area contributed by atoms with Crippen LogP contribution in [0.4, 0.5) is 0 Å². The number of rotatable bonds is 6. The fraction of sp³-hybridized carbons (Fsp3) is 0.474. The van der Waals surface area contributed by atoms with Crippen LogP contribution in [0.2, 0.25) is 0 Å². The molecular formula is C19H24BrN3O5S. The van der Waals surface area contributed by atoms with E-state index in [1.807, 2.05) is 6.92 Å². The summed E-state index contributed by atoms with van der Waals surface area (Å²) >= 11 is 8.69. The molecule has 1 saturated heterocycles. The number of methoxy groups -OCH3 is 1. The van der Waals surface area contributed by atoms with Crippen molar-refractivity contribution in [2.45, 2.75) is 38.8 Å². The predicted molar refractivity (Wildman–Crippen MR) is 115 cm³/mol. The number of halogens is 1. The van der Waals surface area contributed by atoms with Crippen molar-refractivity contribution in [1.82, 2.24) is 15.5 Å². The van der Waals surface area contributed by atoms with Crippen LogP contribution in [0.3, 0.4) is 0 Å². The van der Waals surface area contributed by atoms with Gasteiger partial charge >= 0.3 is 5.97 Å². The van der Waals surface area contributed by atoms with Crippen LogP contribution in [-0.4, -0.2) is 60.1 Å². The minimum Gasteiger partial charge on any atom is -0.496 e. The first kappa shape index (κ1) is 23.1. The quantitative estimate of drug-likeness (QED) is 0.469. The Balaban J connectivity index is 2.08. The lowest BCUT2D eigenvalue weighted by Crippen LogP contribution is -2.60. The van der Waals surface area contributed by atoms with Crippen LogP contribution in [0, 0.1) is 0 Å². The molecule has 0 saturated carbocycles. The number of thiocarbonyl (C=S) groups is 1. The number of nitrogens with one attached hydrogen (secondary N) is 2. The standard InChI is InChI=1S/C19H24BrN3O5S/c1-4-11(2)28-16(24)10-14-18(26)21-7-8-23(14)19(29)22-17(25)12-5-6-15(27-3)13(20)9-12/h5-6,9,11,14H,4,7-8,10H2,1-3H3,(H,21,26)(H,22,25,29). The van der Waals surface area contributed by atoms with Gasteiger partial charge in [-0.1, -0.05) is 6.92 Å². The van der Waals surface area contributed by atoms with E-state index in [9.17, 15) is 14.4 Å². The summed E-state index contributed by atoms with van der Waals surface area (Å²) in [5, 5.41) is 5.43. The van der Waals surface area contributed by atoms with E-state index in [4.69, 9.17) is 21.7 Å². The predicted octanol–water partition coefficient (Wildman–Crippen LogP) is 2.00. The fourth-order valence-corrected chi connectivity index (χ4v) is 3.58. The van der Waals surface area contributed by atoms with Crippen molar-refractivity contribution in [2.24, 2.45) is 0 Å². The molecule has 1 aromatic carbocycles. The highest BCUT2D eigenvalue weighted by Crippen LogP contribution is 2.25. The first-order chi connectivity index (χ1) is 13.8. The number of piperazine rings is 1. The van der Waals surface area contributed by atoms with E-state index in [1.54, 1.807) is 30.0 Å². The largest absolute Gasteiger partial charge is 0.496 e. The molecule has 1 aromatic rings. The minimum atomic E-state index is -0.837. The third kappa shape index (κ3) is 6.14. The lowest BCUT2D eigenvalue weighted by molar-refractivity contribution is -0.151. The lowest BCUT2D eigenvalue weighted by Gasteiger charge is -2.36. The topological polar surface area (TPSA) is 97.0 Å². The van der Waals surface area contributed by atoms with E-state index in [0.29, 0.717) is 35.3 Å². The van der Waals surface area contributed by atoms with Gasteiger partial charge in [-0.3, -0.25) is 19.7 Å². The molecule has 0 bridgehead atoms. The highest BCUT2D eigenvalue weighted by atomic mass is 79.9. The number of hydrogen-bond donors (Lipinski definition) is 2. The van der Waals surface area contributed by atoms with Gasteiger partial charge in [0.25, 0.3) is 5.91 Å². The summed E-state index contributed by atoms with van der Waals surface area (Å²) in [6.45, 7) is 4.42. The molecule has 0 aromatic heterocycles. The monoisotopic (exact) mass is 485 g/mol. The van der Waals surface area contributed by atoms with E-state index in [2.05, 4.69) is 26.6 Å². The van der Waals surface area contributed by atoms with Gasteiger partial charge in [0.15, 0.2) is 5.11 Å². The van der Waals surface area contributed by atoms with E-state index < -0.39 is 17.9 Å². The van der Waals surface area contributed by atoms with Crippen molar-refractivity contribution >= 4 is 51.0 Å². The van der Waals surface area contributed by atoms with Gasteiger partial charge in [-0.25, -0.2) is 0 Å². The van der Waals surface area contributed by atoms with Gasteiger partial charge in [-0.05, 0) is 59.7 Å². The number of benzene rings is 1. The SMILES string of the molecule is CCC(C)OC(=O)CC1C(=O)NCCN1C(=S)NC(=O)c1ccc(OC)c(Br)c1. The molecule has 1 heterocycles. The summed E-state index contributed by atoms with van der Waals surface area (Å²) < 4.78 is 11.1. The Morgan fingerprint density at radius 1 is 1.45 bits per heavy atom. The van der Waals surface area contributed by atoms with E-state index >= 15 is 0 Å². The third-order valence-corrected chi connectivity index (χ3v) is 5.45. The molecular weight excluding hydrogens is 462 g/mol. The van der Waals surface area contributed by atoms with Crippen molar-refractivity contribution in [2.75, 3.05) is 20.2 Å². The molecule has 0 radical (unpaired) electrons. The average Bonchev–Trinajstić information content (AvgIpc) is 2.69. The number of carbonyl (C=O) groups excluding carboxylic acids is 3. The number of esters is 1. The second-order valence-electron chi connectivity index (χ2n) is 6.52. The van der Waals surface area contributed by atoms with Gasteiger partial charge in [0.2, 0.25) is 5.91 Å². The van der Waals surface area contributed by atoms with Crippen LogP contribution < -0.4 is 15.4 Å². The number of ether oxygens (including phenoxy) is 2. The Morgan fingerprint density at radius 2 is 2.17 bits per heavy atom. The summed E-state index contributed by atoms with van der Waals surface area (Å²) in [5.74, 6) is -0.650. The van der Waals surface area contributed by atoms with Gasteiger partial charge in [0.05, 0.1) is 24.1 Å². The maximum atomic E-state index is 12.6. The minimum absolute atomic E-state index is 0.0816. The molecule has 0 aliphatic carbocycles. The molecule has 10 heteroatoms. The molecule has 2 amide bonds. The van der Waals surface area contributed by atoms with E-state index in [0.717, 1.165) is 0 Å². The van der Waals surface area contributed by atoms with E-state index in [-0.39, 0.29) is 23.5 Å². The number of hydrogen-bond acceptors (Lipinski definition) is 6. The van der Waals surface area contributed by atoms with Crippen molar-refractivity contribution in [3.8, 4) is 5.75 Å². The zero-order valence-corrected chi connectivity index (χ0v) is 18.9. The van der Waals surface area contributed by atoms with Crippen LogP contribution in [-0.2, 0) is 14.3 Å². The molecule has 158 valence electrons. The molecule has 2 atom stereocenters. The number of carbonyl (C=O) groups is 3. The Morgan fingerprint density at radius 3 is 2.79 bits per heavy atom. The first-order valence-electron chi connectivity index (χ1n) is 9.19. The second-order valence-corrected chi connectivity index (χ2v) is 7.76. The molecule has 1 aliphatic rings. The highest BCUT2D eigenvalue weighted by Gasteiger charge is 2.34. The number of amides is 2. The summed E-state index contributed by atoms with van der Waals surface area (Å²) in [4.78, 5) is 38.6. The Kier molecular flexibility index (Phi) is 8.39. The molecule has 2 N–H and O–H groups in total. The second kappa shape index (κ2) is 10.5. The Labute approximate surface area is 183 Å². The van der Waals surface area contributed by atoms with Gasteiger partial charge in [-0.15, -0.1) is 0 Å². The maximum Gasteiger partial charge on any atom is 0.308 e. The summed E-state index contributed by atoms with van der Waals surface area (Å²) in [5.41, 5.74) is 0.370. The first-order valence-corrected chi connectivity index (χ1v) is 10.4. The lowest BCUT2D eigenvalue weighted by atomic mass is 10.1. The summed E-state index contributed by atoms with van der Waals surface area (Å²) in [6, 6.07) is 4.03. The molecule has 1 aliphatic heterocycles. The molecule has 2 unspecified atom stereocenters. The average molecular weight is 486 g/mol. The zero-order valence-electron chi connectivity index (χ0n) is 16.5. The van der Waals surface area contributed by atoms with Crippen LogP contribution in [0.1, 0.15) is 37.0 Å². The Bertz CT molecular complexity index is 804. The normalized spacial score (nSPS) is 17.2. The summed E-state index contributed by atoms with van der Waals surface area (Å²) in [6.07, 6.45) is 0.293. The van der Waals surface area contributed by atoms with Crippen LogP contribution in [0.15, 0.2) is 22.7 Å². The van der Waals surface area contributed by atoms with Crippen molar-refractivity contribution < 1.29 is 23.9 Å². The Hall–Kier alpha value is -2.20. The van der Waals surface area contributed by atoms with Crippen LogP contribution in [0.25, 0.3) is 0 Å². The molecule has 1 fully saturated rings. The van der Waals surface area contributed by atoms with Gasteiger partial charge < -0.3 is 19.7 Å². The molecule has 29 heavy (non-hydrogen) atoms. The van der Waals surface area contributed by atoms with E-state index in [1.165, 1.54) is 7.11 Å². The van der Waals surface area contributed by atoms with Gasteiger partial charge in [-0.2, -0.15) is 0 Å². The highest BCUT2D eigenvalue weighted by molar-refractivity contribution is 9.10. The smallest absolute Gasteiger partial charge is 0.308 e. The third-order valence-electron chi connectivity index (χ3n) is 4.49. The molecule has 0 spiro atoms. The van der Waals surface area contributed by atoms with Gasteiger partial charge in [0, 0.05) is 18.7 Å². The fourth-order valence-electron chi connectivity index (χ4n) is 2.72. The number of nitrogens with zero attached hydrogens (tertiary/aromatic N) is 1. The van der Waals surface area contributed by atoms with Crippen molar-refractivity contribution in [1.29, 1.82) is 0 Å². The van der Waals surface area contributed by atoms with Crippen molar-refractivity contribution in [3.63, 3.8) is 0 Å². The van der Waals surface area contributed by atoms with Crippen LogP contribution in [0.5, 0.6) is 5.75 Å². The summed E-state index contributed by atoms with van der Waals surface area (Å²) in [7, 11) is 1.53. The van der Waals surface area contributed by atoms with Crippen LogP contribution >= 0.6 is 28.1 Å². The van der Waals surface area contributed by atoms with Crippen molar-refractivity contribution in [3.05, 3.63) is 28.2 Å². The maximum absolute atomic E-state index is 12.6. The molecule has 8 nitrogen and oxygen atoms in total. The van der Waals surface area contributed by atoms with Gasteiger partial charge in [0.1, 0.15) is 11.8 Å². The molecule has 2 rings (SSSR count). The zero-order chi connectivity index (χ0) is 21.6.